The molecule has 1 aromatic carbocycles. The average Bonchev–Trinajstić information content (AvgIpc) is 3.02. The normalized spacial score (nSPS) is 16.8. The van der Waals surface area contributed by atoms with Gasteiger partial charge in [0.1, 0.15) is 17.5 Å². The molecule has 1 aliphatic rings. The highest BCUT2D eigenvalue weighted by Gasteiger charge is 2.31. The van der Waals surface area contributed by atoms with Gasteiger partial charge in [0.25, 0.3) is 0 Å². The minimum absolute atomic E-state index is 0.105. The van der Waals surface area contributed by atoms with Gasteiger partial charge in [-0.05, 0) is 12.5 Å². The summed E-state index contributed by atoms with van der Waals surface area (Å²) in [4.78, 5) is 17.2. The molecule has 2 aromatic rings. The van der Waals surface area contributed by atoms with Crippen LogP contribution in [0.5, 0.6) is 0 Å². The molecule has 1 aliphatic heterocycles. The number of carbonyl (C=O) groups excluding carboxylic acids is 1. The Kier molecular flexibility index (Phi) is 5.58. The number of nitrogens with zero attached hydrogens (tertiary/aromatic N) is 3. The Bertz CT molecular complexity index is 668. The van der Waals surface area contributed by atoms with Crippen molar-refractivity contribution in [2.75, 3.05) is 31.6 Å². The standard InChI is InChI=1S/C18H23N3O2S/c1-14-12-16(19-23-14)13-20(2)18(22)17(15-6-4-3-5-7-15)21-8-10-24-11-9-21/h3-7,12,17H,8-11,13H2,1-2H3/t17-/m0/s1. The summed E-state index contributed by atoms with van der Waals surface area (Å²) in [5, 5.41) is 4.00. The van der Waals surface area contributed by atoms with E-state index in [4.69, 9.17) is 4.52 Å². The molecular formula is C18H23N3O2S. The van der Waals surface area contributed by atoms with Crippen molar-refractivity contribution in [1.29, 1.82) is 0 Å². The number of aryl methyl sites for hydroxylation is 1. The van der Waals surface area contributed by atoms with E-state index in [0.29, 0.717) is 6.54 Å². The van der Waals surface area contributed by atoms with E-state index in [2.05, 4.69) is 10.1 Å². The van der Waals surface area contributed by atoms with E-state index in [1.54, 1.807) is 4.90 Å². The quantitative estimate of drug-likeness (QED) is 0.834. The second-order valence-corrected chi connectivity index (χ2v) is 7.31. The summed E-state index contributed by atoms with van der Waals surface area (Å²) >= 11 is 1.95. The monoisotopic (exact) mass is 345 g/mol. The molecule has 0 aliphatic carbocycles. The zero-order valence-corrected chi connectivity index (χ0v) is 15.0. The fourth-order valence-electron chi connectivity index (χ4n) is 3.00. The van der Waals surface area contributed by atoms with Gasteiger partial charge in [0, 0.05) is 37.7 Å². The first-order valence-corrected chi connectivity index (χ1v) is 9.34. The maximum atomic E-state index is 13.2. The van der Waals surface area contributed by atoms with Crippen LogP contribution in [0.25, 0.3) is 0 Å². The van der Waals surface area contributed by atoms with Crippen molar-refractivity contribution in [3.05, 3.63) is 53.4 Å². The third kappa shape index (κ3) is 3.99. The maximum Gasteiger partial charge on any atom is 0.244 e. The van der Waals surface area contributed by atoms with Gasteiger partial charge in [-0.2, -0.15) is 11.8 Å². The van der Waals surface area contributed by atoms with Gasteiger partial charge in [-0.15, -0.1) is 0 Å². The molecule has 128 valence electrons. The summed E-state index contributed by atoms with van der Waals surface area (Å²) in [6, 6.07) is 11.7. The smallest absolute Gasteiger partial charge is 0.244 e. The Hall–Kier alpha value is -1.79. The van der Waals surface area contributed by atoms with Gasteiger partial charge < -0.3 is 9.42 Å². The van der Waals surface area contributed by atoms with Crippen molar-refractivity contribution in [3.63, 3.8) is 0 Å². The van der Waals surface area contributed by atoms with Crippen molar-refractivity contribution in [2.24, 2.45) is 0 Å². The highest BCUT2D eigenvalue weighted by atomic mass is 32.2. The Labute approximate surface area is 147 Å². The second kappa shape index (κ2) is 7.85. The van der Waals surface area contributed by atoms with Crippen LogP contribution < -0.4 is 0 Å². The Morgan fingerprint density at radius 2 is 2.04 bits per heavy atom. The molecule has 0 N–H and O–H groups in total. The minimum atomic E-state index is -0.231. The zero-order chi connectivity index (χ0) is 16.9. The van der Waals surface area contributed by atoms with E-state index in [9.17, 15) is 4.79 Å². The Morgan fingerprint density at radius 1 is 1.33 bits per heavy atom. The summed E-state index contributed by atoms with van der Waals surface area (Å²) < 4.78 is 5.11. The zero-order valence-electron chi connectivity index (χ0n) is 14.1. The first kappa shape index (κ1) is 17.0. The van der Waals surface area contributed by atoms with E-state index in [1.165, 1.54) is 0 Å². The third-order valence-corrected chi connectivity index (χ3v) is 5.15. The molecule has 0 unspecified atom stereocenters. The van der Waals surface area contributed by atoms with Crippen LogP contribution in [-0.4, -0.2) is 52.5 Å². The topological polar surface area (TPSA) is 49.6 Å². The molecule has 1 atom stereocenters. The van der Waals surface area contributed by atoms with Crippen molar-refractivity contribution < 1.29 is 9.32 Å². The SMILES string of the molecule is Cc1cc(CN(C)C(=O)[C@H](c2ccccc2)N2CCSCC2)no1. The summed E-state index contributed by atoms with van der Waals surface area (Å²) in [7, 11) is 1.83. The number of likely N-dealkylation sites (N-methyl/N-ethyl adjacent to an activating group) is 1. The van der Waals surface area contributed by atoms with Gasteiger partial charge in [0.2, 0.25) is 5.91 Å². The molecule has 0 saturated carbocycles. The Morgan fingerprint density at radius 3 is 2.67 bits per heavy atom. The fraction of sp³-hybridized carbons (Fsp3) is 0.444. The highest BCUT2D eigenvalue weighted by molar-refractivity contribution is 7.99. The summed E-state index contributed by atoms with van der Waals surface area (Å²) in [6.07, 6.45) is 0. The van der Waals surface area contributed by atoms with Crippen LogP contribution in [0.2, 0.25) is 0 Å². The number of thioether (sulfide) groups is 1. The number of hydrogen-bond acceptors (Lipinski definition) is 5. The van der Waals surface area contributed by atoms with Gasteiger partial charge in [-0.3, -0.25) is 9.69 Å². The predicted octanol–water partition coefficient (Wildman–Crippen LogP) is 2.73. The number of amides is 1. The lowest BCUT2D eigenvalue weighted by Crippen LogP contribution is -2.44. The van der Waals surface area contributed by atoms with Crippen LogP contribution in [0.4, 0.5) is 0 Å². The molecule has 24 heavy (non-hydrogen) atoms. The van der Waals surface area contributed by atoms with Crippen molar-refractivity contribution in [2.45, 2.75) is 19.5 Å². The van der Waals surface area contributed by atoms with E-state index in [1.807, 2.05) is 62.1 Å². The molecule has 3 rings (SSSR count). The number of hydrogen-bond donors (Lipinski definition) is 0. The molecule has 0 bridgehead atoms. The van der Waals surface area contributed by atoms with E-state index in [0.717, 1.165) is 41.6 Å². The number of rotatable bonds is 5. The molecule has 1 aromatic heterocycles. The minimum Gasteiger partial charge on any atom is -0.361 e. The van der Waals surface area contributed by atoms with Crippen LogP contribution in [0.1, 0.15) is 23.1 Å². The highest BCUT2D eigenvalue weighted by Crippen LogP contribution is 2.26. The van der Waals surface area contributed by atoms with Gasteiger partial charge in [-0.1, -0.05) is 35.5 Å². The molecular weight excluding hydrogens is 322 g/mol. The molecule has 2 heterocycles. The Balaban J connectivity index is 1.79. The van der Waals surface area contributed by atoms with Crippen molar-refractivity contribution in [3.8, 4) is 0 Å². The van der Waals surface area contributed by atoms with Crippen molar-refractivity contribution in [1.82, 2.24) is 15.0 Å². The number of benzene rings is 1. The van der Waals surface area contributed by atoms with Gasteiger partial charge in [0.05, 0.1) is 6.54 Å². The molecule has 0 radical (unpaired) electrons. The van der Waals surface area contributed by atoms with Gasteiger partial charge in [0.15, 0.2) is 0 Å². The van der Waals surface area contributed by atoms with Gasteiger partial charge in [-0.25, -0.2) is 0 Å². The fourth-order valence-corrected chi connectivity index (χ4v) is 3.93. The van der Waals surface area contributed by atoms with Crippen molar-refractivity contribution >= 4 is 17.7 Å². The lowest BCUT2D eigenvalue weighted by Gasteiger charge is -2.35. The lowest BCUT2D eigenvalue weighted by molar-refractivity contribution is -0.136. The maximum absolute atomic E-state index is 13.2. The van der Waals surface area contributed by atoms with Crippen LogP contribution in [0, 0.1) is 6.92 Å². The average molecular weight is 345 g/mol. The number of aromatic nitrogens is 1. The molecule has 1 fully saturated rings. The lowest BCUT2D eigenvalue weighted by atomic mass is 10.0. The molecule has 6 heteroatoms. The van der Waals surface area contributed by atoms with Crippen LogP contribution in [0.15, 0.2) is 40.9 Å². The van der Waals surface area contributed by atoms with E-state index < -0.39 is 0 Å². The van der Waals surface area contributed by atoms with Crippen LogP contribution in [0.3, 0.4) is 0 Å². The van der Waals surface area contributed by atoms with E-state index >= 15 is 0 Å². The summed E-state index contributed by atoms with van der Waals surface area (Å²) in [5.74, 6) is 3.01. The largest absolute Gasteiger partial charge is 0.361 e. The molecule has 0 spiro atoms. The van der Waals surface area contributed by atoms with Crippen LogP contribution >= 0.6 is 11.8 Å². The summed E-state index contributed by atoms with van der Waals surface area (Å²) in [5.41, 5.74) is 1.84. The molecule has 5 nitrogen and oxygen atoms in total. The second-order valence-electron chi connectivity index (χ2n) is 6.08. The summed E-state index contributed by atoms with van der Waals surface area (Å²) in [6.45, 7) is 4.19. The first-order valence-electron chi connectivity index (χ1n) is 8.19. The van der Waals surface area contributed by atoms with E-state index in [-0.39, 0.29) is 11.9 Å². The molecule has 1 saturated heterocycles. The van der Waals surface area contributed by atoms with Crippen LogP contribution in [-0.2, 0) is 11.3 Å². The van der Waals surface area contributed by atoms with Gasteiger partial charge >= 0.3 is 0 Å². The molecule has 1 amide bonds. The first-order chi connectivity index (χ1) is 11.6. The third-order valence-electron chi connectivity index (χ3n) is 4.21. The predicted molar refractivity (Wildman–Crippen MR) is 95.8 cm³/mol. The number of carbonyl (C=O) groups is 1.